The van der Waals surface area contributed by atoms with Gasteiger partial charge in [-0.25, -0.2) is 9.78 Å². The average Bonchev–Trinajstić information content (AvgIpc) is 3.47. The van der Waals surface area contributed by atoms with Gasteiger partial charge in [0.05, 0.1) is 20.0 Å². The number of likely N-dealkylation sites (tertiary alicyclic amines) is 1. The molecule has 10 nitrogen and oxygen atoms in total. The van der Waals surface area contributed by atoms with Crippen LogP contribution >= 0.6 is 0 Å². The minimum atomic E-state index is -0.929. The molecule has 1 aliphatic heterocycles. The number of nitrogens with one attached hydrogen (secondary N) is 3. The molecule has 10 heteroatoms. The Morgan fingerprint density at radius 3 is 2.50 bits per heavy atom. The molecular weight excluding hydrogens is 510 g/mol. The fraction of sp³-hybridized carbons (Fsp3) is 0.400. The van der Waals surface area contributed by atoms with Crippen LogP contribution in [0, 0.1) is 0 Å². The van der Waals surface area contributed by atoms with Gasteiger partial charge in [-0.3, -0.25) is 9.59 Å². The largest absolute Gasteiger partial charge is 0.497 e. The van der Waals surface area contributed by atoms with Gasteiger partial charge in [0.15, 0.2) is 0 Å². The monoisotopic (exact) mass is 547 g/mol. The molecule has 1 aliphatic rings. The van der Waals surface area contributed by atoms with Gasteiger partial charge in [-0.1, -0.05) is 55.8 Å². The Balaban J connectivity index is 1.46. The van der Waals surface area contributed by atoms with Gasteiger partial charge >= 0.3 is 12.0 Å². The average molecular weight is 548 g/mol. The van der Waals surface area contributed by atoms with Crippen LogP contribution in [0.15, 0.2) is 67.1 Å². The lowest BCUT2D eigenvalue weighted by molar-refractivity contribution is -0.163. The third-order valence-electron chi connectivity index (χ3n) is 7.12. The number of rotatable bonds is 13. The SMILES string of the molecule is CCCCOC(=O)C1(c2ccccc2)CN(C(=O)C(Cc2ccc(OC)cc2)NC(=O)NCCc2cnc[nH]2)C1. The van der Waals surface area contributed by atoms with Crippen molar-refractivity contribution in [1.29, 1.82) is 0 Å². The predicted octanol–water partition coefficient (Wildman–Crippen LogP) is 2.99. The molecule has 0 radical (unpaired) electrons. The van der Waals surface area contributed by atoms with Gasteiger partial charge in [0, 0.05) is 44.4 Å². The molecule has 0 bridgehead atoms. The molecule has 1 unspecified atom stereocenters. The second-order valence-electron chi connectivity index (χ2n) is 9.96. The van der Waals surface area contributed by atoms with E-state index in [4.69, 9.17) is 9.47 Å². The smallest absolute Gasteiger partial charge is 0.320 e. The first kappa shape index (κ1) is 28.7. The highest BCUT2D eigenvalue weighted by Gasteiger charge is 2.54. The van der Waals surface area contributed by atoms with Crippen LogP contribution in [0.5, 0.6) is 5.75 Å². The fourth-order valence-corrected chi connectivity index (χ4v) is 4.75. The minimum absolute atomic E-state index is 0.184. The van der Waals surface area contributed by atoms with Crippen LogP contribution in [0.1, 0.15) is 36.6 Å². The second-order valence-corrected chi connectivity index (χ2v) is 9.96. The number of nitrogens with zero attached hydrogens (tertiary/aromatic N) is 2. The van der Waals surface area contributed by atoms with E-state index in [1.165, 1.54) is 0 Å². The Morgan fingerprint density at radius 1 is 1.10 bits per heavy atom. The number of aromatic amines is 1. The van der Waals surface area contributed by atoms with E-state index in [0.717, 1.165) is 29.7 Å². The van der Waals surface area contributed by atoms with E-state index in [1.54, 1.807) is 24.5 Å². The third-order valence-corrected chi connectivity index (χ3v) is 7.12. The van der Waals surface area contributed by atoms with Crippen LogP contribution in [-0.4, -0.2) is 72.2 Å². The predicted molar refractivity (Wildman–Crippen MR) is 150 cm³/mol. The first-order valence-corrected chi connectivity index (χ1v) is 13.6. The van der Waals surface area contributed by atoms with E-state index in [0.29, 0.717) is 25.3 Å². The topological polar surface area (TPSA) is 126 Å². The normalized spacial score (nSPS) is 14.5. The molecule has 0 spiro atoms. The standard InChI is InChI=1S/C30H37N5O5/c1-3-4-16-40-28(37)30(23-8-6-5-7-9-23)19-35(20-30)27(36)26(17-22-10-12-25(39-2)13-11-22)34-29(38)32-15-14-24-18-31-21-33-24/h5-13,18,21,26H,3-4,14-17,19-20H2,1-2H3,(H,31,33)(H2,32,34,38). The quantitative estimate of drug-likeness (QED) is 0.223. The summed E-state index contributed by atoms with van der Waals surface area (Å²) in [6.07, 6.45) is 5.84. The number of amides is 3. The van der Waals surface area contributed by atoms with Crippen molar-refractivity contribution in [2.75, 3.05) is 33.4 Å². The van der Waals surface area contributed by atoms with Crippen molar-refractivity contribution in [2.24, 2.45) is 0 Å². The fourth-order valence-electron chi connectivity index (χ4n) is 4.75. The summed E-state index contributed by atoms with van der Waals surface area (Å²) in [5.74, 6) is 0.118. The second kappa shape index (κ2) is 13.6. The Hall–Kier alpha value is -4.34. The summed E-state index contributed by atoms with van der Waals surface area (Å²) < 4.78 is 10.9. The van der Waals surface area contributed by atoms with E-state index >= 15 is 0 Å². The number of urea groups is 1. The van der Waals surface area contributed by atoms with Crippen molar-refractivity contribution in [3.63, 3.8) is 0 Å². The molecule has 1 atom stereocenters. The van der Waals surface area contributed by atoms with Crippen molar-refractivity contribution in [2.45, 2.75) is 44.1 Å². The zero-order valence-corrected chi connectivity index (χ0v) is 23.0. The highest BCUT2D eigenvalue weighted by molar-refractivity contribution is 5.92. The number of imidazole rings is 1. The van der Waals surface area contributed by atoms with Crippen LogP contribution in [0.3, 0.4) is 0 Å². The first-order chi connectivity index (χ1) is 19.4. The van der Waals surface area contributed by atoms with E-state index in [1.807, 2.05) is 61.5 Å². The van der Waals surface area contributed by atoms with Crippen molar-refractivity contribution in [1.82, 2.24) is 25.5 Å². The number of unbranched alkanes of at least 4 members (excludes halogenated alkanes) is 1. The summed E-state index contributed by atoms with van der Waals surface area (Å²) in [5, 5.41) is 5.66. The number of aromatic nitrogens is 2. The number of hydrogen-bond donors (Lipinski definition) is 3. The van der Waals surface area contributed by atoms with Gasteiger partial charge < -0.3 is 30.0 Å². The molecule has 2 aromatic carbocycles. The van der Waals surface area contributed by atoms with Crippen LogP contribution < -0.4 is 15.4 Å². The summed E-state index contributed by atoms with van der Waals surface area (Å²) in [5.41, 5.74) is 1.65. The van der Waals surface area contributed by atoms with Gasteiger partial charge in [-0.2, -0.15) is 0 Å². The van der Waals surface area contributed by atoms with Gasteiger partial charge in [0.25, 0.3) is 0 Å². The van der Waals surface area contributed by atoms with Crippen LogP contribution in [0.25, 0.3) is 0 Å². The summed E-state index contributed by atoms with van der Waals surface area (Å²) in [6, 6.07) is 15.5. The maximum absolute atomic E-state index is 13.7. The van der Waals surface area contributed by atoms with Crippen LogP contribution in [0.2, 0.25) is 0 Å². The molecule has 4 rings (SSSR count). The van der Waals surface area contributed by atoms with Gasteiger partial charge in [-0.15, -0.1) is 0 Å². The van der Waals surface area contributed by atoms with Gasteiger partial charge in [0.2, 0.25) is 5.91 Å². The first-order valence-electron chi connectivity index (χ1n) is 13.6. The number of carbonyl (C=O) groups is 3. The molecular formula is C30H37N5O5. The Bertz CT molecular complexity index is 1240. The molecule has 0 saturated carbocycles. The van der Waals surface area contributed by atoms with Gasteiger partial charge in [0.1, 0.15) is 17.2 Å². The summed E-state index contributed by atoms with van der Waals surface area (Å²) in [7, 11) is 1.59. The van der Waals surface area contributed by atoms with E-state index in [9.17, 15) is 14.4 Å². The lowest BCUT2D eigenvalue weighted by Gasteiger charge is -2.49. The van der Waals surface area contributed by atoms with Crippen molar-refractivity contribution in [3.05, 3.63) is 83.9 Å². The van der Waals surface area contributed by atoms with Crippen molar-refractivity contribution >= 4 is 17.9 Å². The maximum atomic E-state index is 13.7. The molecule has 0 aliphatic carbocycles. The van der Waals surface area contributed by atoms with Crippen molar-refractivity contribution in [3.8, 4) is 5.75 Å². The molecule has 40 heavy (non-hydrogen) atoms. The van der Waals surface area contributed by atoms with Crippen molar-refractivity contribution < 1.29 is 23.9 Å². The Labute approximate surface area is 234 Å². The lowest BCUT2D eigenvalue weighted by atomic mass is 9.73. The molecule has 1 aromatic heterocycles. The number of carbonyl (C=O) groups excluding carboxylic acids is 3. The maximum Gasteiger partial charge on any atom is 0.320 e. The minimum Gasteiger partial charge on any atom is -0.497 e. The third kappa shape index (κ3) is 6.99. The molecule has 3 N–H and O–H groups in total. The number of hydrogen-bond acceptors (Lipinski definition) is 6. The molecule has 3 aromatic rings. The molecule has 3 amide bonds. The van der Waals surface area contributed by atoms with E-state index in [2.05, 4.69) is 20.6 Å². The van der Waals surface area contributed by atoms with E-state index in [-0.39, 0.29) is 31.4 Å². The highest BCUT2D eigenvalue weighted by Crippen LogP contribution is 2.36. The number of H-pyrrole nitrogens is 1. The van der Waals surface area contributed by atoms with E-state index < -0.39 is 17.5 Å². The molecule has 212 valence electrons. The van der Waals surface area contributed by atoms with Gasteiger partial charge in [-0.05, 0) is 29.7 Å². The summed E-state index contributed by atoms with van der Waals surface area (Å²) in [4.78, 5) is 48.4. The number of benzene rings is 2. The lowest BCUT2D eigenvalue weighted by Crippen LogP contribution is -2.68. The Kier molecular flexibility index (Phi) is 9.77. The number of methoxy groups -OCH3 is 1. The zero-order chi connectivity index (χ0) is 28.4. The number of ether oxygens (including phenoxy) is 2. The van der Waals surface area contributed by atoms with Crippen LogP contribution in [0.4, 0.5) is 4.79 Å². The molecule has 1 fully saturated rings. The van der Waals surface area contributed by atoms with Crippen LogP contribution in [-0.2, 0) is 32.6 Å². The Morgan fingerprint density at radius 2 is 1.85 bits per heavy atom. The summed E-state index contributed by atoms with van der Waals surface area (Å²) in [6.45, 7) is 3.13. The molecule has 1 saturated heterocycles. The highest BCUT2D eigenvalue weighted by atomic mass is 16.5. The zero-order valence-electron chi connectivity index (χ0n) is 23.0. The number of esters is 1. The molecule has 2 heterocycles. The summed E-state index contributed by atoms with van der Waals surface area (Å²) >= 11 is 0.